The lowest BCUT2D eigenvalue weighted by molar-refractivity contribution is 0.0492. The second-order valence-electron chi connectivity index (χ2n) is 6.81. The molecule has 2 rings (SSSR count). The van der Waals surface area contributed by atoms with E-state index in [-0.39, 0.29) is 12.1 Å². The van der Waals surface area contributed by atoms with Crippen molar-refractivity contribution in [2.45, 2.75) is 44.9 Å². The molecule has 5 heteroatoms. The molecule has 1 heterocycles. The highest BCUT2D eigenvalue weighted by molar-refractivity contribution is 5.68. The van der Waals surface area contributed by atoms with Gasteiger partial charge < -0.3 is 15.2 Å². The van der Waals surface area contributed by atoms with E-state index in [9.17, 15) is 9.90 Å². The molecule has 1 aromatic carbocycles. The summed E-state index contributed by atoms with van der Waals surface area (Å²) >= 11 is 0. The fourth-order valence-corrected chi connectivity index (χ4v) is 2.61. The summed E-state index contributed by atoms with van der Waals surface area (Å²) in [4.78, 5) is 14.2. The number of rotatable bonds is 4. The number of carbonyl (C=O) groups is 1. The monoisotopic (exact) mass is 306 g/mol. The molecule has 1 saturated heterocycles. The Labute approximate surface area is 132 Å². The fraction of sp³-hybridized carbons (Fsp3) is 0.588. The molecule has 2 N–H and O–H groups in total. The minimum Gasteiger partial charge on any atom is -0.444 e. The molecule has 0 spiro atoms. The molecule has 22 heavy (non-hydrogen) atoms. The molecule has 0 unspecified atom stereocenters. The number of ether oxygens (including phenoxy) is 1. The number of aliphatic hydroxyl groups is 1. The van der Waals surface area contributed by atoms with Crippen LogP contribution in [-0.2, 0) is 4.74 Å². The van der Waals surface area contributed by atoms with Crippen LogP contribution in [0.4, 0.5) is 4.79 Å². The number of nitrogens with zero attached hydrogens (tertiary/aromatic N) is 1. The van der Waals surface area contributed by atoms with Gasteiger partial charge in [0.25, 0.3) is 0 Å². The van der Waals surface area contributed by atoms with E-state index in [0.717, 1.165) is 18.5 Å². The van der Waals surface area contributed by atoms with E-state index >= 15 is 0 Å². The van der Waals surface area contributed by atoms with Crippen LogP contribution in [0.3, 0.4) is 0 Å². The first-order chi connectivity index (χ1) is 10.3. The van der Waals surface area contributed by atoms with Gasteiger partial charge in [0.2, 0.25) is 0 Å². The molecular weight excluding hydrogens is 280 g/mol. The molecule has 1 fully saturated rings. The van der Waals surface area contributed by atoms with E-state index in [2.05, 4.69) is 10.2 Å². The van der Waals surface area contributed by atoms with Crippen LogP contribution in [-0.4, -0.2) is 47.4 Å². The van der Waals surface area contributed by atoms with Crippen LogP contribution in [0.15, 0.2) is 30.3 Å². The third-order valence-electron chi connectivity index (χ3n) is 3.58. The van der Waals surface area contributed by atoms with E-state index in [1.54, 1.807) is 0 Å². The van der Waals surface area contributed by atoms with Crippen LogP contribution in [0.1, 0.15) is 38.8 Å². The van der Waals surface area contributed by atoms with Gasteiger partial charge in [-0.25, -0.2) is 4.79 Å². The van der Waals surface area contributed by atoms with Gasteiger partial charge in [-0.15, -0.1) is 0 Å². The number of nitrogens with one attached hydrogen (secondary N) is 1. The highest BCUT2D eigenvalue weighted by Gasteiger charge is 2.26. The van der Waals surface area contributed by atoms with Crippen molar-refractivity contribution >= 4 is 6.09 Å². The number of amides is 1. The number of benzene rings is 1. The molecule has 1 amide bonds. The highest BCUT2D eigenvalue weighted by atomic mass is 16.6. The van der Waals surface area contributed by atoms with E-state index < -0.39 is 11.7 Å². The summed E-state index contributed by atoms with van der Waals surface area (Å²) in [5.41, 5.74) is 0.518. The highest BCUT2D eigenvalue weighted by Crippen LogP contribution is 2.19. The van der Waals surface area contributed by atoms with Crippen LogP contribution < -0.4 is 5.32 Å². The maximum atomic E-state index is 12.1. The smallest absolute Gasteiger partial charge is 0.408 e. The van der Waals surface area contributed by atoms with Gasteiger partial charge >= 0.3 is 6.09 Å². The molecule has 1 aliphatic heterocycles. The van der Waals surface area contributed by atoms with Crippen molar-refractivity contribution in [3.05, 3.63) is 35.9 Å². The average molecular weight is 306 g/mol. The summed E-state index contributed by atoms with van der Waals surface area (Å²) in [6, 6.07) is 9.70. The minimum absolute atomic E-state index is 0.152. The number of hydrogen-bond acceptors (Lipinski definition) is 4. The third kappa shape index (κ3) is 5.31. The van der Waals surface area contributed by atoms with Gasteiger partial charge in [0.1, 0.15) is 5.60 Å². The van der Waals surface area contributed by atoms with E-state index in [0.29, 0.717) is 13.1 Å². The first-order valence-electron chi connectivity index (χ1n) is 7.78. The van der Waals surface area contributed by atoms with Gasteiger partial charge in [0.15, 0.2) is 0 Å². The molecule has 0 bridgehead atoms. The fourth-order valence-electron chi connectivity index (χ4n) is 2.61. The lowest BCUT2D eigenvalue weighted by Crippen LogP contribution is -2.40. The van der Waals surface area contributed by atoms with Crippen molar-refractivity contribution in [3.63, 3.8) is 0 Å². The van der Waals surface area contributed by atoms with Crippen molar-refractivity contribution in [3.8, 4) is 0 Å². The summed E-state index contributed by atoms with van der Waals surface area (Å²) in [6.45, 7) is 7.71. The Morgan fingerprint density at radius 2 is 2.09 bits per heavy atom. The first kappa shape index (κ1) is 16.8. The van der Waals surface area contributed by atoms with Gasteiger partial charge in [-0.05, 0) is 32.8 Å². The lowest BCUT2D eigenvalue weighted by atomic mass is 10.1. The average Bonchev–Trinajstić information content (AvgIpc) is 2.82. The van der Waals surface area contributed by atoms with Crippen molar-refractivity contribution < 1.29 is 14.6 Å². The number of hydrogen-bond donors (Lipinski definition) is 2. The molecule has 0 aromatic heterocycles. The van der Waals surface area contributed by atoms with Crippen LogP contribution in [0, 0.1) is 0 Å². The number of carbonyl (C=O) groups excluding carboxylic acids is 1. The van der Waals surface area contributed by atoms with Crippen LogP contribution in [0.25, 0.3) is 0 Å². The van der Waals surface area contributed by atoms with E-state index in [1.165, 1.54) is 0 Å². The molecule has 1 aliphatic rings. The number of β-amino-alcohol motifs (C(OH)–C–C–N with tert-alkyl or cyclic N) is 1. The Bertz CT molecular complexity index is 484. The Hall–Kier alpha value is -1.59. The number of likely N-dealkylation sites (tertiary alicyclic amines) is 1. The van der Waals surface area contributed by atoms with E-state index in [4.69, 9.17) is 4.74 Å². The van der Waals surface area contributed by atoms with E-state index in [1.807, 2.05) is 51.1 Å². The van der Waals surface area contributed by atoms with Gasteiger partial charge in [-0.3, -0.25) is 4.90 Å². The summed E-state index contributed by atoms with van der Waals surface area (Å²) in [6.07, 6.45) is 0.104. The zero-order chi connectivity index (χ0) is 16.2. The normalized spacial score (nSPS) is 20.6. The zero-order valence-electron chi connectivity index (χ0n) is 13.6. The first-order valence-corrected chi connectivity index (χ1v) is 7.78. The summed E-state index contributed by atoms with van der Waals surface area (Å²) in [5, 5.41) is 12.6. The molecule has 0 saturated carbocycles. The van der Waals surface area contributed by atoms with Gasteiger partial charge in [0, 0.05) is 19.6 Å². The maximum absolute atomic E-state index is 12.1. The predicted molar refractivity (Wildman–Crippen MR) is 85.6 cm³/mol. The SMILES string of the molecule is CC(C)(C)OC(=O)N[C@H](CN1CC[C@H](O)C1)c1ccccc1. The molecule has 1 aromatic rings. The quantitative estimate of drug-likeness (QED) is 0.896. The molecule has 122 valence electrons. The number of aliphatic hydroxyl groups excluding tert-OH is 1. The molecular formula is C17H26N2O3. The standard InChI is InChI=1S/C17H26N2O3/c1-17(2,3)22-16(21)18-15(13-7-5-4-6-8-13)12-19-10-9-14(20)11-19/h4-8,14-15,20H,9-12H2,1-3H3,(H,18,21)/t14-,15+/m0/s1. The summed E-state index contributed by atoms with van der Waals surface area (Å²) in [5.74, 6) is 0. The molecule has 5 nitrogen and oxygen atoms in total. The molecule has 0 aliphatic carbocycles. The minimum atomic E-state index is -0.519. The van der Waals surface area contributed by atoms with Crippen molar-refractivity contribution in [1.29, 1.82) is 0 Å². The van der Waals surface area contributed by atoms with Gasteiger partial charge in [-0.1, -0.05) is 30.3 Å². The Morgan fingerprint density at radius 1 is 1.41 bits per heavy atom. The number of alkyl carbamates (subject to hydrolysis) is 1. The van der Waals surface area contributed by atoms with Crippen molar-refractivity contribution in [2.24, 2.45) is 0 Å². The largest absolute Gasteiger partial charge is 0.444 e. The Morgan fingerprint density at radius 3 is 2.64 bits per heavy atom. The maximum Gasteiger partial charge on any atom is 0.408 e. The van der Waals surface area contributed by atoms with Crippen LogP contribution in [0.5, 0.6) is 0 Å². The molecule has 2 atom stereocenters. The van der Waals surface area contributed by atoms with Crippen molar-refractivity contribution in [1.82, 2.24) is 10.2 Å². The Kier molecular flexibility index (Phi) is 5.42. The Balaban J connectivity index is 2.03. The van der Waals surface area contributed by atoms with Crippen molar-refractivity contribution in [2.75, 3.05) is 19.6 Å². The van der Waals surface area contributed by atoms with Gasteiger partial charge in [0.05, 0.1) is 12.1 Å². The summed E-state index contributed by atoms with van der Waals surface area (Å²) < 4.78 is 5.36. The van der Waals surface area contributed by atoms with Gasteiger partial charge in [-0.2, -0.15) is 0 Å². The lowest BCUT2D eigenvalue weighted by Gasteiger charge is -2.27. The topological polar surface area (TPSA) is 61.8 Å². The summed E-state index contributed by atoms with van der Waals surface area (Å²) in [7, 11) is 0. The van der Waals surface area contributed by atoms with Crippen LogP contribution in [0.2, 0.25) is 0 Å². The third-order valence-corrected chi connectivity index (χ3v) is 3.58. The predicted octanol–water partition coefficient (Wildman–Crippen LogP) is 2.32. The molecule has 0 radical (unpaired) electrons. The van der Waals surface area contributed by atoms with Crippen LogP contribution >= 0.6 is 0 Å². The second kappa shape index (κ2) is 7.11. The zero-order valence-corrected chi connectivity index (χ0v) is 13.6. The second-order valence-corrected chi connectivity index (χ2v) is 6.81.